The van der Waals surface area contributed by atoms with Crippen molar-refractivity contribution in [1.82, 2.24) is 4.31 Å². The van der Waals surface area contributed by atoms with Gasteiger partial charge in [-0.2, -0.15) is 4.31 Å². The van der Waals surface area contributed by atoms with Gasteiger partial charge in [-0.1, -0.05) is 49.2 Å². The van der Waals surface area contributed by atoms with Crippen molar-refractivity contribution in [3.63, 3.8) is 0 Å². The van der Waals surface area contributed by atoms with Crippen molar-refractivity contribution in [3.8, 4) is 5.75 Å². The number of ether oxygens (including phenoxy) is 1. The second-order valence-electron chi connectivity index (χ2n) is 10.3. The number of nitrogens with zero attached hydrogens (tertiary/aromatic N) is 2. The van der Waals surface area contributed by atoms with Crippen molar-refractivity contribution < 1.29 is 47.0 Å². The van der Waals surface area contributed by atoms with E-state index in [2.05, 4.69) is 0 Å². The van der Waals surface area contributed by atoms with Crippen LogP contribution in [0, 0.1) is 0 Å². The molecular formula is C27H37N2O10P2S-. The van der Waals surface area contributed by atoms with Crippen LogP contribution in [0.4, 0.5) is 5.69 Å². The third-order valence-corrected chi connectivity index (χ3v) is 12.6. The van der Waals surface area contributed by atoms with Crippen LogP contribution in [-0.2, 0) is 25.7 Å². The molecule has 0 amide bonds. The molecule has 15 heteroatoms. The molecule has 232 valence electrons. The molecule has 42 heavy (non-hydrogen) atoms. The fraction of sp³-hybridized carbons (Fsp3) is 0.407. The first-order valence-corrected chi connectivity index (χ1v) is 17.8. The van der Waals surface area contributed by atoms with Crippen LogP contribution in [0.2, 0.25) is 0 Å². The zero-order valence-electron chi connectivity index (χ0n) is 23.7. The molecule has 3 aromatic rings. The summed E-state index contributed by atoms with van der Waals surface area (Å²) < 4.78 is 56.9. The summed E-state index contributed by atoms with van der Waals surface area (Å²) in [5, 5.41) is 7.83. The molecule has 12 nitrogen and oxygen atoms in total. The molecule has 0 saturated carbocycles. The maximum absolute atomic E-state index is 13.6. The number of rotatable bonds is 15. The average Bonchev–Trinajstić information content (AvgIpc) is 2.90. The van der Waals surface area contributed by atoms with E-state index in [1.165, 1.54) is 11.4 Å². The highest BCUT2D eigenvalue weighted by Crippen LogP contribution is 2.67. The van der Waals surface area contributed by atoms with Crippen LogP contribution in [-0.4, -0.2) is 65.3 Å². The quantitative estimate of drug-likeness (QED) is 0.140. The Morgan fingerprint density at radius 3 is 2.14 bits per heavy atom. The van der Waals surface area contributed by atoms with Gasteiger partial charge in [-0.25, -0.2) is 8.42 Å². The summed E-state index contributed by atoms with van der Waals surface area (Å²) in [5.41, 5.74) is 1.63. The Morgan fingerprint density at radius 1 is 0.881 bits per heavy atom. The fourth-order valence-electron chi connectivity index (χ4n) is 4.58. The van der Waals surface area contributed by atoms with E-state index in [0.717, 1.165) is 16.6 Å². The van der Waals surface area contributed by atoms with Crippen molar-refractivity contribution in [1.29, 1.82) is 0 Å². The molecule has 0 aliphatic heterocycles. The number of benzene rings is 3. The number of anilines is 1. The highest BCUT2D eigenvalue weighted by atomic mass is 32.2. The predicted molar refractivity (Wildman–Crippen MR) is 159 cm³/mol. The Balaban J connectivity index is 1.57. The lowest BCUT2D eigenvalue weighted by atomic mass is 10.1. The van der Waals surface area contributed by atoms with E-state index in [0.29, 0.717) is 30.4 Å². The summed E-state index contributed by atoms with van der Waals surface area (Å²) in [6, 6.07) is 17.8. The molecule has 3 aromatic carbocycles. The maximum atomic E-state index is 13.6. The molecule has 3 rings (SSSR count). The van der Waals surface area contributed by atoms with Crippen LogP contribution in [0.25, 0.3) is 10.8 Å². The van der Waals surface area contributed by atoms with Gasteiger partial charge in [0.05, 0.1) is 11.5 Å². The van der Waals surface area contributed by atoms with E-state index in [1.807, 2.05) is 37.2 Å². The molecule has 0 bridgehead atoms. The molecule has 0 aliphatic rings. The van der Waals surface area contributed by atoms with E-state index in [-0.39, 0.29) is 24.5 Å². The van der Waals surface area contributed by atoms with E-state index >= 15 is 0 Å². The van der Waals surface area contributed by atoms with E-state index in [4.69, 9.17) is 19.4 Å². The van der Waals surface area contributed by atoms with Crippen LogP contribution in [0.3, 0.4) is 0 Å². The lowest BCUT2D eigenvalue weighted by molar-refractivity contribution is -0.206. The molecule has 0 heterocycles. The monoisotopic (exact) mass is 643 g/mol. The first-order chi connectivity index (χ1) is 19.5. The number of aliphatic hydroxyl groups is 1. The van der Waals surface area contributed by atoms with Gasteiger partial charge in [-0.3, -0.25) is 4.57 Å². The minimum Gasteiger partial charge on any atom is -0.776 e. The van der Waals surface area contributed by atoms with E-state index in [9.17, 15) is 27.5 Å². The molecule has 0 saturated heterocycles. The second kappa shape index (κ2) is 13.5. The van der Waals surface area contributed by atoms with Crippen LogP contribution in [0.1, 0.15) is 37.7 Å². The van der Waals surface area contributed by atoms with Crippen molar-refractivity contribution in [2.75, 3.05) is 32.6 Å². The summed E-state index contributed by atoms with van der Waals surface area (Å²) in [5.74, 6) is 0.530. The van der Waals surface area contributed by atoms with Gasteiger partial charge in [-0.15, -0.1) is 0 Å². The van der Waals surface area contributed by atoms with Gasteiger partial charge >= 0.3 is 7.60 Å². The number of unbranched alkanes of at least 4 members (excludes halogenated alkanes) is 3. The summed E-state index contributed by atoms with van der Waals surface area (Å²) in [4.78, 5) is 40.9. The molecule has 4 N–H and O–H groups in total. The topological polar surface area (TPSA) is 188 Å². The normalized spacial score (nSPS) is 15.4. The Kier molecular flexibility index (Phi) is 11.0. The number of hydrogen-bond donors (Lipinski definition) is 4. The summed E-state index contributed by atoms with van der Waals surface area (Å²) >= 11 is 0. The van der Waals surface area contributed by atoms with Gasteiger partial charge in [0, 0.05) is 44.1 Å². The maximum Gasteiger partial charge on any atom is 0.365 e. The Morgan fingerprint density at radius 2 is 1.50 bits per heavy atom. The zero-order valence-corrected chi connectivity index (χ0v) is 26.3. The lowest BCUT2D eigenvalue weighted by Gasteiger charge is -2.36. The predicted octanol–water partition coefficient (Wildman–Crippen LogP) is 3.43. The second-order valence-corrected chi connectivity index (χ2v) is 16.3. The number of hydrogen-bond acceptors (Lipinski definition) is 8. The molecular weight excluding hydrogens is 606 g/mol. The summed E-state index contributed by atoms with van der Waals surface area (Å²) in [7, 11) is -9.70. The molecule has 0 radical (unpaired) electrons. The third kappa shape index (κ3) is 7.79. The summed E-state index contributed by atoms with van der Waals surface area (Å²) in [6.45, 7) is 0.394. The molecule has 2 unspecified atom stereocenters. The molecule has 0 aromatic heterocycles. The van der Waals surface area contributed by atoms with Gasteiger partial charge in [-0.05, 0) is 49.1 Å². The highest BCUT2D eigenvalue weighted by molar-refractivity contribution is 7.89. The van der Waals surface area contributed by atoms with Crippen molar-refractivity contribution >= 4 is 41.7 Å². The van der Waals surface area contributed by atoms with Gasteiger partial charge in [0.2, 0.25) is 15.1 Å². The number of sulfonamides is 1. The fourth-order valence-corrected chi connectivity index (χ4v) is 8.15. The van der Waals surface area contributed by atoms with Crippen LogP contribution >= 0.6 is 15.2 Å². The smallest absolute Gasteiger partial charge is 0.365 e. The van der Waals surface area contributed by atoms with Crippen LogP contribution in [0.5, 0.6) is 5.75 Å². The van der Waals surface area contributed by atoms with Crippen molar-refractivity contribution in [2.45, 2.75) is 48.6 Å². The van der Waals surface area contributed by atoms with Crippen LogP contribution in [0.15, 0.2) is 65.6 Å². The first-order valence-electron chi connectivity index (χ1n) is 13.2. The molecule has 0 fully saturated rings. The number of fused-ring (bicyclic) bond motifs is 1. The third-order valence-electron chi connectivity index (χ3n) is 6.93. The minimum absolute atomic E-state index is 0.0438. The lowest BCUT2D eigenvalue weighted by Crippen LogP contribution is -2.33. The minimum atomic E-state index is -5.70. The van der Waals surface area contributed by atoms with E-state index in [1.54, 1.807) is 42.5 Å². The Labute approximate surface area is 245 Å². The van der Waals surface area contributed by atoms with Crippen molar-refractivity contribution in [3.05, 3.63) is 66.2 Å². The van der Waals surface area contributed by atoms with Crippen molar-refractivity contribution in [2.24, 2.45) is 0 Å². The molecule has 2 atom stereocenters. The standard InChI is InChI=1S/C27H38N2O10P2S/c1-28(2)25-15-9-14-24-23(25)13-10-16-26(24)42(37,38)29(3)20-21-11-8-12-22(19-21)39-18-7-5-4-6-17-27(30,40(31,32)33)41(34,35)36/h8-16,19,30H,4-7,17-18,20H2,1-3H3,(H2,31,32,33)(H2,34,35,36)/p-1. The Hall–Kier alpha value is -2.31. The van der Waals surface area contributed by atoms with Gasteiger partial charge < -0.3 is 38.9 Å². The zero-order chi connectivity index (χ0) is 31.3. The highest BCUT2D eigenvalue weighted by Gasteiger charge is 2.52. The first kappa shape index (κ1) is 34.2. The average molecular weight is 644 g/mol. The van der Waals surface area contributed by atoms with Gasteiger partial charge in [0.25, 0.3) is 0 Å². The van der Waals surface area contributed by atoms with Crippen LogP contribution < -0.4 is 14.5 Å². The SMILES string of the molecule is CN(C)c1cccc2c(S(=O)(=O)N(C)Cc3cccc(OCCCCCCC(O)(P(=O)([O-])O)P(=O)(O)O)c3)cccc12. The molecule has 0 aliphatic carbocycles. The van der Waals surface area contributed by atoms with Gasteiger partial charge in [0.15, 0.2) is 7.60 Å². The largest absolute Gasteiger partial charge is 0.776 e. The van der Waals surface area contributed by atoms with Gasteiger partial charge in [0.1, 0.15) is 5.75 Å². The molecule has 0 spiro atoms. The Bertz CT molecular complexity index is 1560. The summed E-state index contributed by atoms with van der Waals surface area (Å²) in [6.07, 6.45) is 0.518. The van der Waals surface area contributed by atoms with E-state index < -0.39 is 36.7 Å².